The van der Waals surface area contributed by atoms with E-state index in [1.54, 1.807) is 0 Å². The molecule has 3 heterocycles. The van der Waals surface area contributed by atoms with Gasteiger partial charge in [0.15, 0.2) is 0 Å². The second-order valence-electron chi connectivity index (χ2n) is 3.96. The van der Waals surface area contributed by atoms with Gasteiger partial charge in [-0.15, -0.1) is 36.6 Å². The monoisotopic (exact) mass is 278 g/mol. The van der Waals surface area contributed by atoms with Crippen molar-refractivity contribution < 1.29 is 0 Å². The molecule has 0 saturated heterocycles. The predicted octanol–water partition coefficient (Wildman–Crippen LogP) is 2.53. The molecular weight excluding hydrogens is 263 g/mol. The summed E-state index contributed by atoms with van der Waals surface area (Å²) in [5.74, 6) is 1.22. The molecule has 90 valence electrons. The summed E-state index contributed by atoms with van der Waals surface area (Å²) in [5.41, 5.74) is 5.65. The van der Waals surface area contributed by atoms with Gasteiger partial charge in [0, 0.05) is 42.3 Å². The smallest absolute Gasteiger partial charge is 0.0553 e. The molecular formula is C11H16Cl2N2S. The maximum atomic E-state index is 4.79. The normalized spacial score (nSPS) is 16.8. The van der Waals surface area contributed by atoms with Crippen molar-refractivity contribution in [2.24, 2.45) is 0 Å². The standard InChI is InChI=1S/C11H14N2S.2ClH/c1-7-8-6-12-4-2-9(8)13-10-3-5-14-11(7)10;;/h12H,2-6H2,1H3;2*1H. The van der Waals surface area contributed by atoms with Crippen molar-refractivity contribution in [1.29, 1.82) is 0 Å². The zero-order chi connectivity index (χ0) is 9.54. The van der Waals surface area contributed by atoms with E-state index < -0.39 is 0 Å². The minimum atomic E-state index is 0. The van der Waals surface area contributed by atoms with Gasteiger partial charge in [0.1, 0.15) is 0 Å². The van der Waals surface area contributed by atoms with E-state index in [0.29, 0.717) is 0 Å². The molecule has 1 aromatic heterocycles. The molecule has 0 unspecified atom stereocenters. The summed E-state index contributed by atoms with van der Waals surface area (Å²) in [6, 6.07) is 0. The zero-order valence-corrected chi connectivity index (χ0v) is 11.7. The number of hydrogen-bond acceptors (Lipinski definition) is 3. The van der Waals surface area contributed by atoms with Gasteiger partial charge in [0.2, 0.25) is 0 Å². The van der Waals surface area contributed by atoms with Crippen LogP contribution >= 0.6 is 36.6 Å². The number of aryl methyl sites for hydroxylation is 1. The molecule has 5 heteroatoms. The largest absolute Gasteiger partial charge is 0.312 e. The van der Waals surface area contributed by atoms with E-state index in [-0.39, 0.29) is 24.8 Å². The van der Waals surface area contributed by atoms with Crippen LogP contribution in [0.2, 0.25) is 0 Å². The van der Waals surface area contributed by atoms with Crippen molar-refractivity contribution >= 4 is 36.6 Å². The molecule has 0 radical (unpaired) electrons. The highest BCUT2D eigenvalue weighted by Gasteiger charge is 2.22. The second kappa shape index (κ2) is 5.58. The SMILES string of the molecule is Cc1c2c(nc3c1SCC3)CCNC2.Cl.Cl. The number of nitrogens with one attached hydrogen (secondary N) is 1. The number of nitrogens with zero attached hydrogens (tertiary/aromatic N) is 1. The maximum absolute atomic E-state index is 4.79. The first kappa shape index (κ1) is 14.1. The fourth-order valence-corrected chi connectivity index (χ4v) is 3.48. The Morgan fingerprint density at radius 2 is 2.00 bits per heavy atom. The molecule has 0 amide bonds. The Balaban J connectivity index is 0.000000640. The molecule has 0 bridgehead atoms. The lowest BCUT2D eigenvalue weighted by Crippen LogP contribution is -2.26. The van der Waals surface area contributed by atoms with Crippen LogP contribution in [0.15, 0.2) is 4.90 Å². The maximum Gasteiger partial charge on any atom is 0.0553 e. The third-order valence-corrected chi connectivity index (χ3v) is 4.34. The van der Waals surface area contributed by atoms with Crippen molar-refractivity contribution in [1.82, 2.24) is 10.3 Å². The van der Waals surface area contributed by atoms with E-state index in [1.165, 1.54) is 39.6 Å². The highest BCUT2D eigenvalue weighted by molar-refractivity contribution is 7.99. The number of thioether (sulfide) groups is 1. The summed E-state index contributed by atoms with van der Waals surface area (Å²) >= 11 is 1.98. The van der Waals surface area contributed by atoms with E-state index in [1.807, 2.05) is 11.8 Å². The van der Waals surface area contributed by atoms with Crippen molar-refractivity contribution in [3.8, 4) is 0 Å². The minimum absolute atomic E-state index is 0. The molecule has 0 aliphatic carbocycles. The molecule has 1 N–H and O–H groups in total. The molecule has 16 heavy (non-hydrogen) atoms. The third kappa shape index (κ3) is 2.19. The van der Waals surface area contributed by atoms with E-state index in [9.17, 15) is 0 Å². The highest BCUT2D eigenvalue weighted by Crippen LogP contribution is 2.35. The molecule has 2 aliphatic rings. The van der Waals surface area contributed by atoms with E-state index in [0.717, 1.165) is 19.5 Å². The lowest BCUT2D eigenvalue weighted by molar-refractivity contribution is 0.620. The average Bonchev–Trinajstić information content (AvgIpc) is 2.66. The molecule has 1 aromatic rings. The van der Waals surface area contributed by atoms with Crippen LogP contribution in [0.3, 0.4) is 0 Å². The minimum Gasteiger partial charge on any atom is -0.312 e. The number of hydrogen-bond donors (Lipinski definition) is 1. The molecule has 0 atom stereocenters. The van der Waals surface area contributed by atoms with E-state index >= 15 is 0 Å². The lowest BCUT2D eigenvalue weighted by Gasteiger charge is -2.20. The summed E-state index contributed by atoms with van der Waals surface area (Å²) in [6.07, 6.45) is 2.27. The lowest BCUT2D eigenvalue weighted by atomic mass is 10.0. The Hall–Kier alpha value is 0.0400. The summed E-state index contributed by atoms with van der Waals surface area (Å²) < 4.78 is 0. The Labute approximate surface area is 113 Å². The van der Waals surface area contributed by atoms with Crippen molar-refractivity contribution in [2.75, 3.05) is 12.3 Å². The van der Waals surface area contributed by atoms with Gasteiger partial charge in [0.05, 0.1) is 5.69 Å². The highest BCUT2D eigenvalue weighted by atomic mass is 35.5. The van der Waals surface area contributed by atoms with Gasteiger partial charge in [-0.05, 0) is 18.1 Å². The molecule has 0 aromatic carbocycles. The molecule has 0 fully saturated rings. The van der Waals surface area contributed by atoms with Crippen molar-refractivity contribution in [3.05, 3.63) is 22.5 Å². The Morgan fingerprint density at radius 1 is 1.19 bits per heavy atom. The first-order valence-corrected chi connectivity index (χ1v) is 6.19. The summed E-state index contributed by atoms with van der Waals surface area (Å²) in [5, 5.41) is 3.42. The number of fused-ring (bicyclic) bond motifs is 2. The molecule has 0 saturated carbocycles. The predicted molar refractivity (Wildman–Crippen MR) is 73.3 cm³/mol. The quantitative estimate of drug-likeness (QED) is 0.790. The van der Waals surface area contributed by atoms with Gasteiger partial charge in [0.25, 0.3) is 0 Å². The summed E-state index contributed by atoms with van der Waals surface area (Å²) in [4.78, 5) is 6.26. The van der Waals surface area contributed by atoms with Crippen molar-refractivity contribution in [3.63, 3.8) is 0 Å². The Kier molecular flexibility index (Phi) is 4.92. The fraction of sp³-hybridized carbons (Fsp3) is 0.545. The molecule has 2 nitrogen and oxygen atoms in total. The van der Waals surface area contributed by atoms with Gasteiger partial charge in [-0.1, -0.05) is 0 Å². The van der Waals surface area contributed by atoms with Crippen LogP contribution in [0.25, 0.3) is 0 Å². The Morgan fingerprint density at radius 3 is 2.81 bits per heavy atom. The van der Waals surface area contributed by atoms with Crippen LogP contribution in [0.4, 0.5) is 0 Å². The number of pyridine rings is 1. The van der Waals surface area contributed by atoms with Gasteiger partial charge in [-0.25, -0.2) is 0 Å². The number of halogens is 2. The summed E-state index contributed by atoms with van der Waals surface area (Å²) in [6.45, 7) is 4.36. The van der Waals surface area contributed by atoms with Crippen LogP contribution in [0.1, 0.15) is 22.5 Å². The topological polar surface area (TPSA) is 24.9 Å². The number of aromatic nitrogens is 1. The zero-order valence-electron chi connectivity index (χ0n) is 9.21. The summed E-state index contributed by atoms with van der Waals surface area (Å²) in [7, 11) is 0. The van der Waals surface area contributed by atoms with Gasteiger partial charge >= 0.3 is 0 Å². The first-order chi connectivity index (χ1) is 6.86. The van der Waals surface area contributed by atoms with Crippen LogP contribution < -0.4 is 5.32 Å². The number of rotatable bonds is 0. The third-order valence-electron chi connectivity index (χ3n) is 3.10. The van der Waals surface area contributed by atoms with Crippen LogP contribution in [-0.2, 0) is 19.4 Å². The Bertz CT molecular complexity index is 396. The molecule has 3 rings (SSSR count). The fourth-order valence-electron chi connectivity index (χ4n) is 2.32. The van der Waals surface area contributed by atoms with Crippen LogP contribution in [-0.4, -0.2) is 17.3 Å². The average molecular weight is 279 g/mol. The van der Waals surface area contributed by atoms with Gasteiger partial charge in [-0.3, -0.25) is 4.98 Å². The van der Waals surface area contributed by atoms with E-state index in [2.05, 4.69) is 12.2 Å². The van der Waals surface area contributed by atoms with Crippen molar-refractivity contribution in [2.45, 2.75) is 31.2 Å². The van der Waals surface area contributed by atoms with Gasteiger partial charge in [-0.2, -0.15) is 0 Å². The second-order valence-corrected chi connectivity index (χ2v) is 5.07. The first-order valence-electron chi connectivity index (χ1n) is 5.21. The van der Waals surface area contributed by atoms with Crippen LogP contribution in [0, 0.1) is 6.92 Å². The van der Waals surface area contributed by atoms with E-state index in [4.69, 9.17) is 4.98 Å². The molecule has 0 spiro atoms. The van der Waals surface area contributed by atoms with Gasteiger partial charge < -0.3 is 5.32 Å². The molecule has 2 aliphatic heterocycles. The van der Waals surface area contributed by atoms with Crippen LogP contribution in [0.5, 0.6) is 0 Å².